The number of rotatable bonds is 8. The van der Waals surface area contributed by atoms with Crippen LogP contribution in [0.25, 0.3) is 0 Å². The Morgan fingerprint density at radius 3 is 2.36 bits per heavy atom. The summed E-state index contributed by atoms with van der Waals surface area (Å²) in [6.45, 7) is 12.4. The Hall–Kier alpha value is -1.36. The Kier molecular flexibility index (Phi) is 8.07. The lowest BCUT2D eigenvalue weighted by atomic mass is 9.44. The summed E-state index contributed by atoms with van der Waals surface area (Å²) in [5.41, 5.74) is 12.5. The Balaban J connectivity index is 1.24. The first-order valence-corrected chi connectivity index (χ1v) is 16.1. The van der Waals surface area contributed by atoms with E-state index in [1.54, 1.807) is 0 Å². The fourth-order valence-electron chi connectivity index (χ4n) is 10.5. The first-order valence-electron chi connectivity index (χ1n) is 16.1. The molecule has 4 fully saturated rings. The largest absolute Gasteiger partial charge is 0.399 e. The number of ether oxygens (including phenoxy) is 1. The maximum atomic E-state index is 15.2. The van der Waals surface area contributed by atoms with E-state index in [4.69, 9.17) is 16.2 Å². The number of halogens is 2. The van der Waals surface area contributed by atoms with Gasteiger partial charge in [0.1, 0.15) is 0 Å². The van der Waals surface area contributed by atoms with E-state index in [0.29, 0.717) is 23.4 Å². The van der Waals surface area contributed by atoms with Gasteiger partial charge in [-0.15, -0.1) is 0 Å². The van der Waals surface area contributed by atoms with Gasteiger partial charge >= 0.3 is 6.11 Å². The molecule has 0 heterocycles. The molecule has 0 spiro atoms. The van der Waals surface area contributed by atoms with Gasteiger partial charge in [0.25, 0.3) is 0 Å². The van der Waals surface area contributed by atoms with Crippen LogP contribution >= 0.6 is 0 Å². The number of fused-ring (bicyclic) bond motifs is 5. The normalized spacial score (nSPS) is 39.2. The van der Waals surface area contributed by atoms with Crippen LogP contribution in [-0.4, -0.2) is 6.10 Å². The molecule has 0 bridgehead atoms. The SMILES string of the molecule is CC(C)CCC[C@@H](C)[C@H]1CCC2C3CCC4CC(OC(F)(F)c5ccc(N)cc5N)CC[C@]4(C)C3CC[C@@]21C. The van der Waals surface area contributed by atoms with Crippen LogP contribution in [0.1, 0.15) is 117 Å². The van der Waals surface area contributed by atoms with E-state index >= 15 is 8.78 Å². The van der Waals surface area contributed by atoms with Gasteiger partial charge in [0.05, 0.1) is 11.7 Å². The van der Waals surface area contributed by atoms with Crippen LogP contribution in [0.15, 0.2) is 18.2 Å². The zero-order valence-electron chi connectivity index (χ0n) is 25.2. The highest BCUT2D eigenvalue weighted by Crippen LogP contribution is 2.68. The Labute approximate surface area is 236 Å². The fourth-order valence-corrected chi connectivity index (χ4v) is 10.5. The fraction of sp³-hybridized carbons (Fsp3) is 0.824. The van der Waals surface area contributed by atoms with Gasteiger partial charge in [0, 0.05) is 11.4 Å². The molecule has 0 aliphatic heterocycles. The van der Waals surface area contributed by atoms with E-state index in [1.165, 1.54) is 69.6 Å². The van der Waals surface area contributed by atoms with Gasteiger partial charge in [0.2, 0.25) is 0 Å². The van der Waals surface area contributed by atoms with Crippen molar-refractivity contribution in [2.45, 2.75) is 124 Å². The minimum atomic E-state index is -3.40. The van der Waals surface area contributed by atoms with Gasteiger partial charge in [-0.3, -0.25) is 0 Å². The molecule has 0 saturated heterocycles. The van der Waals surface area contributed by atoms with Crippen LogP contribution in [-0.2, 0) is 10.8 Å². The van der Waals surface area contributed by atoms with Gasteiger partial charge in [-0.1, -0.05) is 53.9 Å². The molecule has 0 aromatic heterocycles. The van der Waals surface area contributed by atoms with Crippen molar-refractivity contribution in [2.24, 2.45) is 52.3 Å². The van der Waals surface area contributed by atoms with Gasteiger partial charge in [-0.2, -0.15) is 8.78 Å². The highest BCUT2D eigenvalue weighted by molar-refractivity contribution is 5.57. The molecule has 1 aromatic carbocycles. The summed E-state index contributed by atoms with van der Waals surface area (Å²) in [5.74, 6) is 5.36. The van der Waals surface area contributed by atoms with Crippen LogP contribution in [0.3, 0.4) is 0 Å². The van der Waals surface area contributed by atoms with Gasteiger partial charge in [-0.05, 0) is 128 Å². The predicted octanol–water partition coefficient (Wildman–Crippen LogP) is 9.41. The number of alkyl halides is 2. The van der Waals surface area contributed by atoms with E-state index in [2.05, 4.69) is 34.6 Å². The lowest BCUT2D eigenvalue weighted by Crippen LogP contribution is -2.54. The summed E-state index contributed by atoms with van der Waals surface area (Å²) >= 11 is 0. The van der Waals surface area contributed by atoms with Crippen molar-refractivity contribution in [1.29, 1.82) is 0 Å². The molecule has 4 aliphatic rings. The Morgan fingerprint density at radius 1 is 0.923 bits per heavy atom. The molecule has 5 heteroatoms. The second-order valence-corrected chi connectivity index (χ2v) is 15.1. The quantitative estimate of drug-likeness (QED) is 0.320. The molecule has 4 aliphatic carbocycles. The van der Waals surface area contributed by atoms with E-state index < -0.39 is 12.2 Å². The Bertz CT molecular complexity index is 1010. The Morgan fingerprint density at radius 2 is 1.64 bits per heavy atom. The number of nitrogens with two attached hydrogens (primary N) is 2. The van der Waals surface area contributed by atoms with E-state index in [9.17, 15) is 0 Å². The summed E-state index contributed by atoms with van der Waals surface area (Å²) in [5, 5.41) is 0. The maximum Gasteiger partial charge on any atom is 0.385 e. The van der Waals surface area contributed by atoms with Crippen molar-refractivity contribution in [3.63, 3.8) is 0 Å². The molecule has 9 atom stereocenters. The monoisotopic (exact) mass is 544 g/mol. The van der Waals surface area contributed by atoms with E-state index in [1.807, 2.05) is 0 Å². The van der Waals surface area contributed by atoms with E-state index in [-0.39, 0.29) is 16.7 Å². The molecule has 220 valence electrons. The van der Waals surface area contributed by atoms with Crippen LogP contribution in [0.4, 0.5) is 20.2 Å². The van der Waals surface area contributed by atoms with Crippen molar-refractivity contribution >= 4 is 11.4 Å². The molecule has 4 saturated carbocycles. The number of hydrogen-bond acceptors (Lipinski definition) is 3. The average Bonchev–Trinajstić information content (AvgIpc) is 3.21. The topological polar surface area (TPSA) is 61.3 Å². The first kappa shape index (κ1) is 29.1. The van der Waals surface area contributed by atoms with Gasteiger partial charge in [0.15, 0.2) is 0 Å². The third-order valence-corrected chi connectivity index (χ3v) is 12.5. The summed E-state index contributed by atoms with van der Waals surface area (Å²) in [6.07, 6.45) is 10.6. The van der Waals surface area contributed by atoms with Crippen molar-refractivity contribution in [3.05, 3.63) is 23.8 Å². The van der Waals surface area contributed by atoms with Crippen molar-refractivity contribution in [2.75, 3.05) is 11.5 Å². The summed E-state index contributed by atoms with van der Waals surface area (Å²) in [6, 6.07) is 4.17. The lowest BCUT2D eigenvalue weighted by Gasteiger charge is -2.61. The molecule has 39 heavy (non-hydrogen) atoms. The number of anilines is 2. The molecule has 4 N–H and O–H groups in total. The lowest BCUT2D eigenvalue weighted by molar-refractivity contribution is -0.285. The predicted molar refractivity (Wildman–Crippen MR) is 157 cm³/mol. The third-order valence-electron chi connectivity index (χ3n) is 12.5. The molecular formula is C34H54F2N2O. The van der Waals surface area contributed by atoms with Gasteiger partial charge in [-0.25, -0.2) is 0 Å². The molecular weight excluding hydrogens is 490 g/mol. The molecule has 5 rings (SSSR count). The van der Waals surface area contributed by atoms with Crippen molar-refractivity contribution < 1.29 is 13.5 Å². The number of hydrogen-bond donors (Lipinski definition) is 2. The highest BCUT2D eigenvalue weighted by Gasteiger charge is 2.61. The van der Waals surface area contributed by atoms with Crippen LogP contribution in [0.2, 0.25) is 0 Å². The molecule has 1 aromatic rings. The highest BCUT2D eigenvalue weighted by atomic mass is 19.3. The second-order valence-electron chi connectivity index (χ2n) is 15.1. The summed E-state index contributed by atoms with van der Waals surface area (Å²) in [4.78, 5) is 0. The molecule has 0 radical (unpaired) electrons. The average molecular weight is 545 g/mol. The van der Waals surface area contributed by atoms with Gasteiger partial charge < -0.3 is 16.2 Å². The molecule has 3 nitrogen and oxygen atoms in total. The third kappa shape index (κ3) is 5.35. The van der Waals surface area contributed by atoms with Crippen LogP contribution in [0.5, 0.6) is 0 Å². The smallest absolute Gasteiger partial charge is 0.385 e. The van der Waals surface area contributed by atoms with Crippen molar-refractivity contribution in [1.82, 2.24) is 0 Å². The minimum absolute atomic E-state index is 0.00415. The minimum Gasteiger partial charge on any atom is -0.399 e. The second kappa shape index (κ2) is 10.8. The van der Waals surface area contributed by atoms with Crippen molar-refractivity contribution in [3.8, 4) is 0 Å². The first-order chi connectivity index (χ1) is 18.3. The van der Waals surface area contributed by atoms with E-state index in [0.717, 1.165) is 54.8 Å². The number of benzene rings is 1. The zero-order chi connectivity index (χ0) is 28.2. The maximum absolute atomic E-state index is 15.2. The van der Waals surface area contributed by atoms with Crippen LogP contribution in [0, 0.1) is 52.3 Å². The standard InChI is InChI=1S/C34H54F2N2O/c1-21(2)7-6-8-22(3)27-13-14-28-26-11-9-23-19-25(15-17-32(23,4)29(26)16-18-33(27,28)5)39-34(35,36)30-12-10-24(37)20-31(30)38/h10,12,20-23,25-29H,6-9,11,13-19,37-38H2,1-5H3/t22-,23?,25?,26?,27-,28?,29?,32+,33-/m1/s1. The molecule has 5 unspecified atom stereocenters. The summed E-state index contributed by atoms with van der Waals surface area (Å²) in [7, 11) is 0. The van der Waals surface area contributed by atoms with Crippen LogP contribution < -0.4 is 11.5 Å². The zero-order valence-corrected chi connectivity index (χ0v) is 25.2. The summed E-state index contributed by atoms with van der Waals surface area (Å²) < 4.78 is 35.9. The number of nitrogen functional groups attached to an aromatic ring is 2. The molecule has 0 amide bonds.